The van der Waals surface area contributed by atoms with E-state index in [1.807, 2.05) is 24.3 Å². The first-order valence-electron chi connectivity index (χ1n) is 8.26. The van der Waals surface area contributed by atoms with E-state index in [4.69, 9.17) is 4.74 Å². The average molecular weight is 324 g/mol. The third-order valence-electron chi connectivity index (χ3n) is 4.60. The molecule has 124 valence electrons. The van der Waals surface area contributed by atoms with Crippen LogP contribution >= 0.6 is 0 Å². The second-order valence-electron chi connectivity index (χ2n) is 6.19. The second-order valence-corrected chi connectivity index (χ2v) is 6.19. The summed E-state index contributed by atoms with van der Waals surface area (Å²) in [4.78, 5) is 2.32. The number of ether oxygens (including phenoxy) is 1. The van der Waals surface area contributed by atoms with E-state index in [2.05, 4.69) is 37.7 Å². The number of tetrazole rings is 1. The lowest BCUT2D eigenvalue weighted by molar-refractivity contribution is 0.385. The molecule has 3 heterocycles. The minimum Gasteiger partial charge on any atom is -0.496 e. The van der Waals surface area contributed by atoms with E-state index in [1.54, 1.807) is 7.11 Å². The molecule has 24 heavy (non-hydrogen) atoms. The van der Waals surface area contributed by atoms with E-state index in [0.717, 1.165) is 37.5 Å². The molecular weight excluding hydrogens is 304 g/mol. The van der Waals surface area contributed by atoms with Crippen LogP contribution in [-0.2, 0) is 6.42 Å². The summed E-state index contributed by atoms with van der Waals surface area (Å²) in [5, 5.41) is 15.9. The fraction of sp³-hybridized carbons (Fsp3) is 0.412. The van der Waals surface area contributed by atoms with Crippen LogP contribution in [-0.4, -0.2) is 45.5 Å². The lowest BCUT2D eigenvalue weighted by atomic mass is 9.91. The molecule has 0 spiro atoms. The highest BCUT2D eigenvalue weighted by molar-refractivity contribution is 5.44. The molecule has 7 nitrogen and oxygen atoms in total. The van der Waals surface area contributed by atoms with E-state index >= 15 is 0 Å². The van der Waals surface area contributed by atoms with Crippen molar-refractivity contribution in [3.8, 4) is 5.75 Å². The van der Waals surface area contributed by atoms with Gasteiger partial charge in [-0.3, -0.25) is 0 Å². The zero-order valence-corrected chi connectivity index (χ0v) is 13.7. The highest BCUT2D eigenvalue weighted by Crippen LogP contribution is 2.27. The molecule has 1 atom stereocenters. The lowest BCUT2D eigenvalue weighted by Gasteiger charge is -2.33. The number of anilines is 1. The summed E-state index contributed by atoms with van der Waals surface area (Å²) in [6.45, 7) is 2.00. The zero-order valence-electron chi connectivity index (χ0n) is 13.7. The van der Waals surface area contributed by atoms with Gasteiger partial charge in [-0.05, 0) is 59.4 Å². The third kappa shape index (κ3) is 2.89. The molecule has 0 saturated carbocycles. The Morgan fingerprint density at radius 1 is 1.21 bits per heavy atom. The van der Waals surface area contributed by atoms with Crippen molar-refractivity contribution in [3.05, 3.63) is 42.0 Å². The molecule has 1 aromatic carbocycles. The van der Waals surface area contributed by atoms with Gasteiger partial charge in [0.1, 0.15) is 5.75 Å². The van der Waals surface area contributed by atoms with Crippen LogP contribution in [0.2, 0.25) is 0 Å². The van der Waals surface area contributed by atoms with Crippen molar-refractivity contribution in [2.45, 2.75) is 19.3 Å². The Morgan fingerprint density at radius 2 is 2.12 bits per heavy atom. The van der Waals surface area contributed by atoms with Crippen LogP contribution in [0.4, 0.5) is 5.82 Å². The number of para-hydroxylation sites is 1. The molecule has 1 aliphatic heterocycles. The van der Waals surface area contributed by atoms with Crippen LogP contribution in [0.1, 0.15) is 18.4 Å². The van der Waals surface area contributed by atoms with Crippen LogP contribution < -0.4 is 9.64 Å². The molecule has 4 rings (SSSR count). The molecule has 1 saturated heterocycles. The van der Waals surface area contributed by atoms with Crippen molar-refractivity contribution in [2.75, 3.05) is 25.1 Å². The third-order valence-corrected chi connectivity index (χ3v) is 4.60. The zero-order chi connectivity index (χ0) is 16.4. The van der Waals surface area contributed by atoms with Gasteiger partial charge in [0.05, 0.1) is 7.11 Å². The summed E-state index contributed by atoms with van der Waals surface area (Å²) in [6, 6.07) is 12.2. The number of nitrogens with zero attached hydrogens (tertiary/aromatic N) is 6. The van der Waals surface area contributed by atoms with Crippen LogP contribution in [0.3, 0.4) is 0 Å². The normalized spacial score (nSPS) is 18.0. The fourth-order valence-corrected chi connectivity index (χ4v) is 3.43. The predicted octanol–water partition coefficient (Wildman–Crippen LogP) is 1.99. The van der Waals surface area contributed by atoms with Crippen LogP contribution in [0.15, 0.2) is 36.4 Å². The van der Waals surface area contributed by atoms with Gasteiger partial charge in [0.15, 0.2) is 11.5 Å². The van der Waals surface area contributed by atoms with Crippen LogP contribution in [0.25, 0.3) is 5.65 Å². The molecule has 1 aliphatic rings. The largest absolute Gasteiger partial charge is 0.496 e. The molecule has 3 aromatic rings. The quantitative estimate of drug-likeness (QED) is 0.731. The summed E-state index contributed by atoms with van der Waals surface area (Å²) in [7, 11) is 1.73. The SMILES string of the molecule is COc1ccccc1C[C@H]1CCCN(c2ccc3nnnn3n2)C1. The Balaban J connectivity index is 1.50. The molecule has 1 fully saturated rings. The second kappa shape index (κ2) is 6.43. The molecule has 0 aliphatic carbocycles. The first kappa shape index (κ1) is 14.9. The van der Waals surface area contributed by atoms with Gasteiger partial charge in [0.2, 0.25) is 0 Å². The highest BCUT2D eigenvalue weighted by Gasteiger charge is 2.22. The van der Waals surface area contributed by atoms with Crippen molar-refractivity contribution in [3.63, 3.8) is 0 Å². The molecular formula is C17H20N6O. The lowest BCUT2D eigenvalue weighted by Crippen LogP contribution is -2.37. The molecule has 0 unspecified atom stereocenters. The fourth-order valence-electron chi connectivity index (χ4n) is 3.43. The Labute approximate surface area is 140 Å². The van der Waals surface area contributed by atoms with Crippen molar-refractivity contribution >= 4 is 11.5 Å². The first-order valence-corrected chi connectivity index (χ1v) is 8.26. The predicted molar refractivity (Wildman–Crippen MR) is 90.2 cm³/mol. The molecule has 0 amide bonds. The summed E-state index contributed by atoms with van der Waals surface area (Å²) >= 11 is 0. The Bertz CT molecular complexity index is 833. The van der Waals surface area contributed by atoms with Gasteiger partial charge < -0.3 is 9.64 Å². The molecule has 0 bridgehead atoms. The van der Waals surface area contributed by atoms with E-state index < -0.39 is 0 Å². The summed E-state index contributed by atoms with van der Waals surface area (Å²) in [5.41, 5.74) is 1.94. The van der Waals surface area contributed by atoms with Gasteiger partial charge in [0, 0.05) is 13.1 Å². The maximum absolute atomic E-state index is 5.49. The van der Waals surface area contributed by atoms with Gasteiger partial charge in [-0.25, -0.2) is 0 Å². The van der Waals surface area contributed by atoms with Crippen molar-refractivity contribution < 1.29 is 4.74 Å². The highest BCUT2D eigenvalue weighted by atomic mass is 16.5. The molecule has 7 heteroatoms. The maximum Gasteiger partial charge on any atom is 0.200 e. The number of fused-ring (bicyclic) bond motifs is 1. The van der Waals surface area contributed by atoms with E-state index in [0.29, 0.717) is 11.6 Å². The number of hydrogen-bond donors (Lipinski definition) is 0. The summed E-state index contributed by atoms with van der Waals surface area (Å²) in [6.07, 6.45) is 3.41. The number of rotatable bonds is 4. The Kier molecular flexibility index (Phi) is 3.98. The summed E-state index contributed by atoms with van der Waals surface area (Å²) < 4.78 is 6.97. The van der Waals surface area contributed by atoms with Crippen LogP contribution in [0, 0.1) is 5.92 Å². The average Bonchev–Trinajstić information content (AvgIpc) is 3.10. The number of hydrogen-bond acceptors (Lipinski definition) is 6. The van der Waals surface area contributed by atoms with E-state index in [9.17, 15) is 0 Å². The Hall–Kier alpha value is -2.70. The van der Waals surface area contributed by atoms with Crippen molar-refractivity contribution in [1.29, 1.82) is 0 Å². The first-order chi connectivity index (χ1) is 11.8. The molecule has 2 aromatic heterocycles. The van der Waals surface area contributed by atoms with E-state index in [-0.39, 0.29) is 0 Å². The topological polar surface area (TPSA) is 68.4 Å². The standard InChI is InChI=1S/C17H20N6O/c1-24-15-7-3-2-6-14(15)11-13-5-4-10-22(12-13)17-9-8-16-18-20-21-23(16)19-17/h2-3,6-9,13H,4-5,10-12H2,1H3/t13-/m1/s1. The smallest absolute Gasteiger partial charge is 0.200 e. The van der Waals surface area contributed by atoms with Gasteiger partial charge in [0.25, 0.3) is 0 Å². The van der Waals surface area contributed by atoms with Crippen molar-refractivity contribution in [1.82, 2.24) is 25.3 Å². The van der Waals surface area contributed by atoms with Gasteiger partial charge in [-0.2, -0.15) is 0 Å². The van der Waals surface area contributed by atoms with E-state index in [1.165, 1.54) is 16.6 Å². The number of aromatic nitrogens is 5. The monoisotopic (exact) mass is 324 g/mol. The van der Waals surface area contributed by atoms with Gasteiger partial charge in [-0.1, -0.05) is 18.2 Å². The Morgan fingerprint density at radius 3 is 3.04 bits per heavy atom. The number of methoxy groups -OCH3 is 1. The number of piperidine rings is 1. The molecule has 0 radical (unpaired) electrons. The van der Waals surface area contributed by atoms with Crippen molar-refractivity contribution in [2.24, 2.45) is 5.92 Å². The molecule has 0 N–H and O–H groups in total. The van der Waals surface area contributed by atoms with Gasteiger partial charge in [-0.15, -0.1) is 14.8 Å². The number of benzene rings is 1. The van der Waals surface area contributed by atoms with Crippen LogP contribution in [0.5, 0.6) is 5.75 Å². The van der Waals surface area contributed by atoms with Gasteiger partial charge >= 0.3 is 0 Å². The maximum atomic E-state index is 5.49. The summed E-state index contributed by atoms with van der Waals surface area (Å²) in [5.74, 6) is 2.49. The minimum absolute atomic E-state index is 0.585. The minimum atomic E-state index is 0.585.